The SMILES string of the molecule is CCOC(=O)c1n[nH]c(C)c1Nc1ccc(-c2ccc(C#N)cc2)cc1. The molecular formula is C20H18N4O2. The molecule has 0 aliphatic carbocycles. The monoisotopic (exact) mass is 346 g/mol. The van der Waals surface area contributed by atoms with Crippen LogP contribution in [-0.2, 0) is 4.74 Å². The van der Waals surface area contributed by atoms with Crippen LogP contribution in [0.15, 0.2) is 48.5 Å². The molecule has 1 heterocycles. The molecule has 0 saturated carbocycles. The number of H-pyrrole nitrogens is 1. The van der Waals surface area contributed by atoms with E-state index in [4.69, 9.17) is 10.00 Å². The predicted molar refractivity (Wildman–Crippen MR) is 99.2 cm³/mol. The van der Waals surface area contributed by atoms with E-state index in [2.05, 4.69) is 21.6 Å². The van der Waals surface area contributed by atoms with Gasteiger partial charge in [0.2, 0.25) is 0 Å². The number of esters is 1. The lowest BCUT2D eigenvalue weighted by Crippen LogP contribution is -2.08. The zero-order valence-electron chi connectivity index (χ0n) is 14.5. The molecule has 0 atom stereocenters. The van der Waals surface area contributed by atoms with Gasteiger partial charge in [0.25, 0.3) is 0 Å². The lowest BCUT2D eigenvalue weighted by atomic mass is 10.0. The summed E-state index contributed by atoms with van der Waals surface area (Å²) in [6.45, 7) is 3.89. The Kier molecular flexibility index (Phi) is 4.99. The molecule has 0 fully saturated rings. The first-order valence-electron chi connectivity index (χ1n) is 8.22. The van der Waals surface area contributed by atoms with Gasteiger partial charge in [-0.15, -0.1) is 0 Å². The summed E-state index contributed by atoms with van der Waals surface area (Å²) in [4.78, 5) is 12.0. The maximum absolute atomic E-state index is 12.0. The van der Waals surface area contributed by atoms with Crippen LogP contribution in [0.1, 0.15) is 28.7 Å². The topological polar surface area (TPSA) is 90.8 Å². The van der Waals surface area contributed by atoms with Crippen LogP contribution in [0.3, 0.4) is 0 Å². The van der Waals surface area contributed by atoms with E-state index in [0.717, 1.165) is 22.5 Å². The quantitative estimate of drug-likeness (QED) is 0.676. The normalized spacial score (nSPS) is 10.2. The van der Waals surface area contributed by atoms with Gasteiger partial charge in [0.05, 0.1) is 29.6 Å². The Morgan fingerprint density at radius 1 is 1.15 bits per heavy atom. The highest BCUT2D eigenvalue weighted by Crippen LogP contribution is 2.26. The molecule has 6 nitrogen and oxygen atoms in total. The highest BCUT2D eigenvalue weighted by Gasteiger charge is 2.19. The maximum Gasteiger partial charge on any atom is 0.361 e. The summed E-state index contributed by atoms with van der Waals surface area (Å²) in [5, 5.41) is 18.9. The van der Waals surface area contributed by atoms with Crippen molar-refractivity contribution in [3.8, 4) is 17.2 Å². The van der Waals surface area contributed by atoms with Crippen LogP contribution < -0.4 is 5.32 Å². The smallest absolute Gasteiger partial charge is 0.361 e. The molecule has 0 bridgehead atoms. The Bertz CT molecular complexity index is 951. The third-order valence-corrected chi connectivity index (χ3v) is 3.92. The first-order chi connectivity index (χ1) is 12.6. The average molecular weight is 346 g/mol. The molecule has 0 radical (unpaired) electrons. The number of hydrogen-bond donors (Lipinski definition) is 2. The van der Waals surface area contributed by atoms with Crippen molar-refractivity contribution >= 4 is 17.3 Å². The van der Waals surface area contributed by atoms with Crippen LogP contribution in [0.25, 0.3) is 11.1 Å². The second-order valence-corrected chi connectivity index (χ2v) is 5.68. The Morgan fingerprint density at radius 2 is 1.77 bits per heavy atom. The number of nitrogens with one attached hydrogen (secondary N) is 2. The van der Waals surface area contributed by atoms with Crippen LogP contribution in [0, 0.1) is 18.3 Å². The van der Waals surface area contributed by atoms with Crippen LogP contribution >= 0.6 is 0 Å². The van der Waals surface area contributed by atoms with Crippen molar-refractivity contribution in [3.05, 3.63) is 65.5 Å². The summed E-state index contributed by atoms with van der Waals surface area (Å²) < 4.78 is 5.03. The molecule has 0 amide bonds. The molecule has 0 saturated heterocycles. The number of ether oxygens (including phenoxy) is 1. The number of hydrogen-bond acceptors (Lipinski definition) is 5. The maximum atomic E-state index is 12.0. The van der Waals surface area contributed by atoms with Crippen molar-refractivity contribution in [1.29, 1.82) is 5.26 Å². The standard InChI is InChI=1S/C20H18N4O2/c1-3-26-20(25)19-18(13(2)23-24-19)22-17-10-8-16(9-11-17)15-6-4-14(12-21)5-7-15/h4-11,22H,3H2,1-2H3,(H,23,24). The highest BCUT2D eigenvalue weighted by molar-refractivity contribution is 5.95. The lowest BCUT2D eigenvalue weighted by molar-refractivity contribution is 0.0520. The fourth-order valence-electron chi connectivity index (χ4n) is 2.56. The number of rotatable bonds is 5. The molecule has 3 rings (SSSR count). The second kappa shape index (κ2) is 7.53. The Morgan fingerprint density at radius 3 is 2.35 bits per heavy atom. The zero-order valence-corrected chi connectivity index (χ0v) is 14.5. The molecule has 0 spiro atoms. The summed E-state index contributed by atoms with van der Waals surface area (Å²) >= 11 is 0. The van der Waals surface area contributed by atoms with Gasteiger partial charge in [-0.2, -0.15) is 10.4 Å². The molecule has 6 heteroatoms. The summed E-state index contributed by atoms with van der Waals surface area (Å²) in [5.41, 5.74) is 5.13. The van der Waals surface area contributed by atoms with E-state index in [9.17, 15) is 4.79 Å². The molecule has 0 aliphatic heterocycles. The molecule has 0 aliphatic rings. The minimum absolute atomic E-state index is 0.237. The first-order valence-corrected chi connectivity index (χ1v) is 8.22. The number of aromatic amines is 1. The van der Waals surface area contributed by atoms with Gasteiger partial charge in [-0.3, -0.25) is 5.10 Å². The molecular weight excluding hydrogens is 328 g/mol. The highest BCUT2D eigenvalue weighted by atomic mass is 16.5. The first kappa shape index (κ1) is 17.2. The summed E-state index contributed by atoms with van der Waals surface area (Å²) in [7, 11) is 0. The van der Waals surface area contributed by atoms with Crippen molar-refractivity contribution in [3.63, 3.8) is 0 Å². The molecule has 3 aromatic rings. The predicted octanol–water partition coefficient (Wildman–Crippen LogP) is 4.18. The minimum Gasteiger partial charge on any atom is -0.461 e. The van der Waals surface area contributed by atoms with Crippen LogP contribution in [0.2, 0.25) is 0 Å². The Labute approximate surface area is 151 Å². The van der Waals surface area contributed by atoms with Crippen LogP contribution in [0.5, 0.6) is 0 Å². The van der Waals surface area contributed by atoms with Gasteiger partial charge in [-0.05, 0) is 49.2 Å². The molecule has 26 heavy (non-hydrogen) atoms. The average Bonchev–Trinajstić information content (AvgIpc) is 3.03. The number of nitrogens with zero attached hydrogens (tertiary/aromatic N) is 2. The molecule has 1 aromatic heterocycles. The Balaban J connectivity index is 1.81. The third-order valence-electron chi connectivity index (χ3n) is 3.92. The van der Waals surface area contributed by atoms with Gasteiger partial charge in [-0.1, -0.05) is 24.3 Å². The summed E-state index contributed by atoms with van der Waals surface area (Å²) in [6.07, 6.45) is 0. The number of carbonyl (C=O) groups is 1. The van der Waals surface area contributed by atoms with Gasteiger partial charge in [0.1, 0.15) is 0 Å². The van der Waals surface area contributed by atoms with Crippen LogP contribution in [0.4, 0.5) is 11.4 Å². The number of aryl methyl sites for hydroxylation is 1. The van der Waals surface area contributed by atoms with Gasteiger partial charge < -0.3 is 10.1 Å². The molecule has 0 unspecified atom stereocenters. The largest absolute Gasteiger partial charge is 0.461 e. The number of carbonyl (C=O) groups excluding carboxylic acids is 1. The van der Waals surface area contributed by atoms with Crippen molar-refractivity contribution in [1.82, 2.24) is 10.2 Å². The van der Waals surface area contributed by atoms with Gasteiger partial charge in [0, 0.05) is 5.69 Å². The van der Waals surface area contributed by atoms with Crippen molar-refractivity contribution < 1.29 is 9.53 Å². The summed E-state index contributed by atoms with van der Waals surface area (Å²) in [6, 6.07) is 17.3. The van der Waals surface area contributed by atoms with E-state index in [1.165, 1.54) is 0 Å². The van der Waals surface area contributed by atoms with E-state index >= 15 is 0 Å². The number of benzene rings is 2. The fourth-order valence-corrected chi connectivity index (χ4v) is 2.56. The van der Waals surface area contributed by atoms with Gasteiger partial charge in [0.15, 0.2) is 5.69 Å². The molecule has 2 N–H and O–H groups in total. The zero-order chi connectivity index (χ0) is 18.5. The fraction of sp³-hybridized carbons (Fsp3) is 0.150. The summed E-state index contributed by atoms with van der Waals surface area (Å²) in [5.74, 6) is -0.464. The van der Waals surface area contributed by atoms with Crippen LogP contribution in [-0.4, -0.2) is 22.8 Å². The lowest BCUT2D eigenvalue weighted by Gasteiger charge is -2.09. The second-order valence-electron chi connectivity index (χ2n) is 5.68. The number of aromatic nitrogens is 2. The Hall–Kier alpha value is -3.59. The number of anilines is 2. The minimum atomic E-state index is -0.464. The molecule has 130 valence electrons. The third kappa shape index (κ3) is 3.57. The van der Waals surface area contributed by atoms with Crippen molar-refractivity contribution in [2.75, 3.05) is 11.9 Å². The van der Waals surface area contributed by atoms with E-state index < -0.39 is 5.97 Å². The van der Waals surface area contributed by atoms with Crippen molar-refractivity contribution in [2.24, 2.45) is 0 Å². The van der Waals surface area contributed by atoms with E-state index in [0.29, 0.717) is 17.9 Å². The van der Waals surface area contributed by atoms with E-state index in [1.807, 2.05) is 43.3 Å². The molecule has 2 aromatic carbocycles. The van der Waals surface area contributed by atoms with Crippen molar-refractivity contribution in [2.45, 2.75) is 13.8 Å². The van der Waals surface area contributed by atoms with E-state index in [-0.39, 0.29) is 5.69 Å². The van der Waals surface area contributed by atoms with E-state index in [1.54, 1.807) is 19.1 Å². The van der Waals surface area contributed by atoms with Gasteiger partial charge >= 0.3 is 5.97 Å². The number of nitriles is 1. The van der Waals surface area contributed by atoms with Gasteiger partial charge in [-0.25, -0.2) is 4.79 Å².